The Morgan fingerprint density at radius 1 is 1.23 bits per heavy atom. The van der Waals surface area contributed by atoms with E-state index in [1.54, 1.807) is 11.1 Å². The third kappa shape index (κ3) is 4.28. The van der Waals surface area contributed by atoms with Crippen molar-refractivity contribution in [3.05, 3.63) is 53.3 Å². The van der Waals surface area contributed by atoms with Gasteiger partial charge < -0.3 is 0 Å². The molecule has 0 aliphatic rings. The molecular weight excluding hydrogens is 366 g/mol. The maximum atomic E-state index is 12.8. The highest BCUT2D eigenvalue weighted by Crippen LogP contribution is 2.32. The predicted octanol–water partition coefficient (Wildman–Crippen LogP) is 4.12. The van der Waals surface area contributed by atoms with E-state index in [4.69, 9.17) is 4.98 Å². The average molecular weight is 386 g/mol. The van der Waals surface area contributed by atoms with Crippen molar-refractivity contribution >= 4 is 49.5 Å². The van der Waals surface area contributed by atoms with Gasteiger partial charge in [0.15, 0.2) is 10.2 Å². The number of anilines is 1. The minimum Gasteiger partial charge on any atom is -0.288 e. The second kappa shape index (κ2) is 7.97. The van der Waals surface area contributed by atoms with Crippen molar-refractivity contribution in [2.45, 2.75) is 27.3 Å². The number of amides is 1. The molecule has 0 saturated heterocycles. The SMILES string of the molecule is CC(=O)SCC(=O)N(Cc1ccccn1)c1nc2c(C)cc(C)cc2s1. The zero-order valence-electron chi connectivity index (χ0n) is 14.9. The lowest BCUT2D eigenvalue weighted by molar-refractivity contribution is -0.116. The monoisotopic (exact) mass is 385 g/mol. The minimum absolute atomic E-state index is 0.0769. The molecule has 2 heterocycles. The molecule has 5 nitrogen and oxygen atoms in total. The Bertz CT molecular complexity index is 954. The van der Waals surface area contributed by atoms with Crippen molar-refractivity contribution < 1.29 is 9.59 Å². The quantitative estimate of drug-likeness (QED) is 0.661. The van der Waals surface area contributed by atoms with Crippen LogP contribution in [0.25, 0.3) is 10.2 Å². The average Bonchev–Trinajstić information content (AvgIpc) is 3.02. The van der Waals surface area contributed by atoms with Gasteiger partial charge in [-0.05, 0) is 43.2 Å². The summed E-state index contributed by atoms with van der Waals surface area (Å²) in [5, 5.41) is 0.556. The van der Waals surface area contributed by atoms with Crippen LogP contribution in [0.5, 0.6) is 0 Å². The molecule has 0 bridgehead atoms. The van der Waals surface area contributed by atoms with Gasteiger partial charge in [0.25, 0.3) is 0 Å². The number of aryl methyl sites for hydroxylation is 2. The molecular formula is C19H19N3O2S2. The van der Waals surface area contributed by atoms with E-state index in [0.29, 0.717) is 11.7 Å². The summed E-state index contributed by atoms with van der Waals surface area (Å²) in [7, 11) is 0. The van der Waals surface area contributed by atoms with Crippen molar-refractivity contribution in [1.29, 1.82) is 0 Å². The Kier molecular flexibility index (Phi) is 5.68. The number of hydrogen-bond acceptors (Lipinski definition) is 6. The van der Waals surface area contributed by atoms with E-state index >= 15 is 0 Å². The highest BCUT2D eigenvalue weighted by atomic mass is 32.2. The van der Waals surface area contributed by atoms with Gasteiger partial charge in [-0.15, -0.1) is 0 Å². The number of fused-ring (bicyclic) bond motifs is 1. The van der Waals surface area contributed by atoms with Crippen molar-refractivity contribution in [2.24, 2.45) is 0 Å². The van der Waals surface area contributed by atoms with E-state index in [-0.39, 0.29) is 16.8 Å². The zero-order valence-corrected chi connectivity index (χ0v) is 16.5. The Morgan fingerprint density at radius 2 is 2.04 bits per heavy atom. The van der Waals surface area contributed by atoms with Crippen LogP contribution in [0.3, 0.4) is 0 Å². The molecule has 0 N–H and O–H groups in total. The van der Waals surface area contributed by atoms with Crippen LogP contribution in [-0.2, 0) is 16.1 Å². The lowest BCUT2D eigenvalue weighted by Crippen LogP contribution is -2.32. The number of nitrogens with zero attached hydrogens (tertiary/aromatic N) is 3. The molecule has 1 aromatic carbocycles. The topological polar surface area (TPSA) is 63.2 Å². The van der Waals surface area contributed by atoms with Gasteiger partial charge in [0.1, 0.15) is 0 Å². The Balaban J connectivity index is 1.97. The molecule has 0 spiro atoms. The molecule has 0 radical (unpaired) electrons. The number of rotatable bonds is 5. The largest absolute Gasteiger partial charge is 0.288 e. The highest BCUT2D eigenvalue weighted by Gasteiger charge is 2.21. The molecule has 7 heteroatoms. The molecule has 134 valence electrons. The van der Waals surface area contributed by atoms with Gasteiger partial charge in [0.2, 0.25) is 5.91 Å². The van der Waals surface area contributed by atoms with Gasteiger partial charge in [0, 0.05) is 13.1 Å². The Morgan fingerprint density at radius 3 is 2.73 bits per heavy atom. The number of carbonyl (C=O) groups excluding carboxylic acids is 2. The smallest absolute Gasteiger partial charge is 0.239 e. The van der Waals surface area contributed by atoms with Crippen LogP contribution in [0, 0.1) is 13.8 Å². The van der Waals surface area contributed by atoms with Crippen LogP contribution < -0.4 is 4.90 Å². The Hall–Kier alpha value is -2.25. The molecule has 1 amide bonds. The first-order valence-electron chi connectivity index (χ1n) is 8.15. The Labute approximate surface area is 160 Å². The van der Waals surface area contributed by atoms with Gasteiger partial charge in [-0.2, -0.15) is 0 Å². The van der Waals surface area contributed by atoms with E-state index in [1.807, 2.05) is 32.0 Å². The van der Waals surface area contributed by atoms with E-state index in [2.05, 4.69) is 17.1 Å². The first-order chi connectivity index (χ1) is 12.4. The lowest BCUT2D eigenvalue weighted by Gasteiger charge is -2.19. The van der Waals surface area contributed by atoms with Crippen LogP contribution in [0.4, 0.5) is 5.13 Å². The fourth-order valence-corrected chi connectivity index (χ4v) is 4.27. The summed E-state index contributed by atoms with van der Waals surface area (Å²) >= 11 is 2.50. The number of aromatic nitrogens is 2. The summed E-state index contributed by atoms with van der Waals surface area (Å²) in [5.41, 5.74) is 3.94. The molecule has 3 rings (SSSR count). The van der Waals surface area contributed by atoms with Crippen molar-refractivity contribution in [2.75, 3.05) is 10.7 Å². The summed E-state index contributed by atoms with van der Waals surface area (Å²) in [5.74, 6) is -0.0555. The third-order valence-corrected chi connectivity index (χ3v) is 5.62. The molecule has 0 fully saturated rings. The van der Waals surface area contributed by atoms with Gasteiger partial charge in [-0.25, -0.2) is 4.98 Å². The van der Waals surface area contributed by atoms with Gasteiger partial charge >= 0.3 is 0 Å². The molecule has 3 aromatic rings. The third-order valence-electron chi connectivity index (χ3n) is 3.80. The summed E-state index contributed by atoms with van der Waals surface area (Å²) in [6.07, 6.45) is 1.70. The van der Waals surface area contributed by atoms with E-state index in [9.17, 15) is 9.59 Å². The van der Waals surface area contributed by atoms with Gasteiger partial charge in [-0.3, -0.25) is 19.5 Å². The number of thiazole rings is 1. The molecule has 0 aliphatic heterocycles. The maximum Gasteiger partial charge on any atom is 0.239 e. The van der Waals surface area contributed by atoms with Crippen molar-refractivity contribution in [1.82, 2.24) is 9.97 Å². The summed E-state index contributed by atoms with van der Waals surface area (Å²) < 4.78 is 1.05. The van der Waals surface area contributed by atoms with E-state index < -0.39 is 0 Å². The second-order valence-electron chi connectivity index (χ2n) is 6.01. The predicted molar refractivity (Wildman–Crippen MR) is 108 cm³/mol. The number of carbonyl (C=O) groups is 2. The normalized spacial score (nSPS) is 10.9. The van der Waals surface area contributed by atoms with E-state index in [1.165, 1.54) is 23.8 Å². The fraction of sp³-hybridized carbons (Fsp3) is 0.263. The van der Waals surface area contributed by atoms with Crippen LogP contribution in [0.15, 0.2) is 36.5 Å². The molecule has 0 aliphatic carbocycles. The molecule has 0 atom stereocenters. The first kappa shape index (κ1) is 18.5. The molecule has 0 saturated carbocycles. The maximum absolute atomic E-state index is 12.8. The highest BCUT2D eigenvalue weighted by molar-refractivity contribution is 8.14. The van der Waals surface area contributed by atoms with Crippen LogP contribution in [-0.4, -0.2) is 26.7 Å². The van der Waals surface area contributed by atoms with Crippen LogP contribution in [0.2, 0.25) is 0 Å². The number of thioether (sulfide) groups is 1. The number of pyridine rings is 1. The van der Waals surface area contributed by atoms with E-state index in [0.717, 1.165) is 33.2 Å². The van der Waals surface area contributed by atoms with Crippen LogP contribution >= 0.6 is 23.1 Å². The summed E-state index contributed by atoms with van der Waals surface area (Å²) in [6.45, 7) is 5.86. The number of hydrogen-bond donors (Lipinski definition) is 0. The lowest BCUT2D eigenvalue weighted by atomic mass is 10.1. The zero-order chi connectivity index (χ0) is 18.7. The number of benzene rings is 1. The summed E-state index contributed by atoms with van der Waals surface area (Å²) in [4.78, 5) is 34.7. The van der Waals surface area contributed by atoms with Gasteiger partial charge in [-0.1, -0.05) is 35.2 Å². The molecule has 0 unspecified atom stereocenters. The van der Waals surface area contributed by atoms with Crippen LogP contribution in [0.1, 0.15) is 23.7 Å². The second-order valence-corrected chi connectivity index (χ2v) is 8.17. The van der Waals surface area contributed by atoms with Crippen molar-refractivity contribution in [3.8, 4) is 0 Å². The standard InChI is InChI=1S/C19H19N3O2S2/c1-12-8-13(2)18-16(9-12)26-19(21-18)22(17(24)11-25-14(3)23)10-15-6-4-5-7-20-15/h4-9H,10-11H2,1-3H3. The molecule has 26 heavy (non-hydrogen) atoms. The fourth-order valence-electron chi connectivity index (χ4n) is 2.63. The summed E-state index contributed by atoms with van der Waals surface area (Å²) in [6, 6.07) is 9.77. The molecule has 2 aromatic heterocycles. The first-order valence-corrected chi connectivity index (χ1v) is 9.95. The minimum atomic E-state index is -0.149. The van der Waals surface area contributed by atoms with Crippen molar-refractivity contribution in [3.63, 3.8) is 0 Å². The van der Waals surface area contributed by atoms with Gasteiger partial charge in [0.05, 0.1) is 28.2 Å².